The Morgan fingerprint density at radius 3 is 2.49 bits per heavy atom. The number of piperidine rings is 1. The number of Topliss-reactive ketones (excluding diaryl/α,β-unsaturated/α-hetero) is 1. The number of hydrogen-bond donors (Lipinski definition) is 1. The lowest BCUT2D eigenvalue weighted by atomic mass is 9.88. The van der Waals surface area contributed by atoms with E-state index in [1.54, 1.807) is 30.6 Å². The topological polar surface area (TPSA) is 109 Å². The van der Waals surface area contributed by atoms with Gasteiger partial charge < -0.3 is 5.32 Å². The average Bonchev–Trinajstić information content (AvgIpc) is 3.24. The third-order valence-corrected chi connectivity index (χ3v) is 9.82. The molecule has 3 aliphatic rings. The minimum atomic E-state index is -3.50. The molecule has 1 aromatic heterocycles. The van der Waals surface area contributed by atoms with Crippen molar-refractivity contribution in [3.63, 3.8) is 0 Å². The van der Waals surface area contributed by atoms with E-state index in [1.807, 2.05) is 18.2 Å². The maximum Gasteiger partial charge on any atom is 0.253 e. The van der Waals surface area contributed by atoms with Gasteiger partial charge in [0, 0.05) is 43.4 Å². The van der Waals surface area contributed by atoms with Crippen molar-refractivity contribution < 1.29 is 18.0 Å². The molecular weight excluding hydrogens is 488 g/mol. The van der Waals surface area contributed by atoms with E-state index in [-0.39, 0.29) is 23.9 Å². The van der Waals surface area contributed by atoms with E-state index in [0.717, 1.165) is 29.8 Å². The fourth-order valence-electron chi connectivity index (χ4n) is 5.65. The van der Waals surface area contributed by atoms with E-state index in [9.17, 15) is 18.0 Å². The smallest absolute Gasteiger partial charge is 0.253 e. The molecule has 1 saturated carbocycles. The number of nitrogens with one attached hydrogen (secondary N) is 1. The van der Waals surface area contributed by atoms with E-state index < -0.39 is 15.6 Å². The molecule has 1 saturated heterocycles. The van der Waals surface area contributed by atoms with E-state index in [0.29, 0.717) is 43.8 Å². The number of pyridine rings is 1. The second-order valence-electron chi connectivity index (χ2n) is 10.4. The third kappa shape index (κ3) is 5.83. The van der Waals surface area contributed by atoms with Gasteiger partial charge in [-0.15, -0.1) is 0 Å². The summed E-state index contributed by atoms with van der Waals surface area (Å²) >= 11 is 0. The molecule has 0 radical (unpaired) electrons. The number of amides is 1. The van der Waals surface area contributed by atoms with Crippen molar-refractivity contribution in [3.05, 3.63) is 65.5 Å². The van der Waals surface area contributed by atoms with E-state index in [1.165, 1.54) is 23.6 Å². The summed E-state index contributed by atoms with van der Waals surface area (Å²) in [5.41, 5.74) is 1.46. The van der Waals surface area contributed by atoms with Gasteiger partial charge in [0.2, 0.25) is 10.0 Å². The number of aliphatic imine (C=N–C) groups is 1. The Balaban J connectivity index is 1.17. The predicted octanol–water partition coefficient (Wildman–Crippen LogP) is 3.32. The van der Waals surface area contributed by atoms with Gasteiger partial charge in [0.15, 0.2) is 5.78 Å². The van der Waals surface area contributed by atoms with Gasteiger partial charge in [0.05, 0.1) is 5.75 Å². The van der Waals surface area contributed by atoms with Gasteiger partial charge in [0.25, 0.3) is 5.91 Å². The normalized spacial score (nSPS) is 20.5. The van der Waals surface area contributed by atoms with Crippen molar-refractivity contribution in [2.75, 3.05) is 18.8 Å². The number of nitrogens with zero attached hydrogens (tertiary/aromatic N) is 3. The second kappa shape index (κ2) is 10.8. The highest BCUT2D eigenvalue weighted by atomic mass is 32.2. The van der Waals surface area contributed by atoms with Gasteiger partial charge in [-0.1, -0.05) is 37.5 Å². The number of aryl methyl sites for hydroxylation is 1. The Labute approximate surface area is 218 Å². The highest BCUT2D eigenvalue weighted by Crippen LogP contribution is 2.34. The maximum atomic E-state index is 13.1. The molecule has 1 amide bonds. The summed E-state index contributed by atoms with van der Waals surface area (Å²) in [7, 11) is -3.50. The van der Waals surface area contributed by atoms with Gasteiger partial charge in [-0.25, -0.2) is 12.7 Å². The summed E-state index contributed by atoms with van der Waals surface area (Å²) in [5, 5.41) is 3.03. The number of aromatic nitrogens is 1. The van der Waals surface area contributed by atoms with Gasteiger partial charge in [-0.05, 0) is 61.4 Å². The van der Waals surface area contributed by atoms with Crippen LogP contribution in [0.2, 0.25) is 0 Å². The fourth-order valence-corrected chi connectivity index (χ4v) is 7.14. The molecule has 0 bridgehead atoms. The highest BCUT2D eigenvalue weighted by Gasteiger charge is 2.48. The molecule has 0 atom stereocenters. The number of carbonyl (C=O) groups excluding carboxylic acids is 2. The summed E-state index contributed by atoms with van der Waals surface area (Å²) < 4.78 is 27.8. The molecule has 5 rings (SSSR count). The maximum absolute atomic E-state index is 13.1. The summed E-state index contributed by atoms with van der Waals surface area (Å²) in [6, 6.07) is 10.8. The molecule has 2 aromatic rings. The van der Waals surface area contributed by atoms with Gasteiger partial charge in [0.1, 0.15) is 11.4 Å². The summed E-state index contributed by atoms with van der Waals surface area (Å²) in [6.07, 6.45) is 10.4. The van der Waals surface area contributed by atoms with Gasteiger partial charge in [-0.2, -0.15) is 0 Å². The Kier molecular flexibility index (Phi) is 7.53. The van der Waals surface area contributed by atoms with Crippen LogP contribution in [0.4, 0.5) is 0 Å². The first-order chi connectivity index (χ1) is 17.8. The largest absolute Gasteiger partial charge is 0.312 e. The van der Waals surface area contributed by atoms with Crippen molar-refractivity contribution in [1.82, 2.24) is 14.6 Å². The molecule has 1 N–H and O–H groups in total. The molecule has 9 heteroatoms. The number of rotatable bonds is 8. The lowest BCUT2D eigenvalue weighted by Gasteiger charge is -2.34. The first-order valence-corrected chi connectivity index (χ1v) is 14.9. The van der Waals surface area contributed by atoms with Crippen LogP contribution in [0.15, 0.2) is 53.8 Å². The van der Waals surface area contributed by atoms with Crippen LogP contribution in [0, 0.1) is 5.92 Å². The first kappa shape index (κ1) is 25.7. The summed E-state index contributed by atoms with van der Waals surface area (Å²) in [6.45, 7) is 0.587. The number of benzene rings is 1. The third-order valence-electron chi connectivity index (χ3n) is 7.95. The predicted molar refractivity (Wildman–Crippen MR) is 142 cm³/mol. The molecule has 2 aliphatic heterocycles. The molecule has 3 heterocycles. The van der Waals surface area contributed by atoms with Crippen molar-refractivity contribution in [2.24, 2.45) is 10.9 Å². The van der Waals surface area contributed by atoms with Crippen molar-refractivity contribution in [1.29, 1.82) is 0 Å². The lowest BCUT2D eigenvalue weighted by molar-refractivity contribution is -0.125. The molecule has 1 spiro atoms. The minimum Gasteiger partial charge on any atom is -0.312 e. The minimum absolute atomic E-state index is 0.0137. The SMILES string of the molecule is O=C(Cc1ccncc1)c1cccc(CCS(=O)(=O)N2CCC3(CC2)N=C(C2CCCCC2)NC3=O)c1. The van der Waals surface area contributed by atoms with Crippen molar-refractivity contribution in [2.45, 2.75) is 63.3 Å². The van der Waals surface area contributed by atoms with Crippen LogP contribution < -0.4 is 5.32 Å². The van der Waals surface area contributed by atoms with Crippen LogP contribution in [0.25, 0.3) is 0 Å². The first-order valence-electron chi connectivity index (χ1n) is 13.2. The highest BCUT2D eigenvalue weighted by molar-refractivity contribution is 7.89. The molecule has 2 fully saturated rings. The zero-order valence-electron chi connectivity index (χ0n) is 21.1. The van der Waals surface area contributed by atoms with Crippen molar-refractivity contribution >= 4 is 27.5 Å². The van der Waals surface area contributed by atoms with Crippen LogP contribution >= 0.6 is 0 Å². The lowest BCUT2D eigenvalue weighted by Crippen LogP contribution is -2.51. The standard InChI is InChI=1S/C28H34N4O4S/c33-25(20-22-9-14-29-15-10-22)24-8-4-5-21(19-24)11-18-37(35,36)32-16-12-28(13-17-32)27(34)30-26(31-28)23-6-2-1-3-7-23/h4-5,8-10,14-15,19,23H,1-3,6-7,11-13,16-18,20H2,(H,30,31,34). The quantitative estimate of drug-likeness (QED) is 0.535. The molecule has 1 aromatic carbocycles. The average molecular weight is 523 g/mol. The molecule has 196 valence electrons. The fraction of sp³-hybridized carbons (Fsp3) is 0.500. The van der Waals surface area contributed by atoms with E-state index in [2.05, 4.69) is 10.3 Å². The molecule has 37 heavy (non-hydrogen) atoms. The molecule has 0 unspecified atom stereocenters. The van der Waals surface area contributed by atoms with Crippen LogP contribution in [-0.4, -0.2) is 59.6 Å². The molecule has 1 aliphatic carbocycles. The van der Waals surface area contributed by atoms with Gasteiger partial charge in [-0.3, -0.25) is 19.6 Å². The zero-order chi connectivity index (χ0) is 25.9. The zero-order valence-corrected chi connectivity index (χ0v) is 21.9. The number of hydrogen-bond acceptors (Lipinski definition) is 6. The Morgan fingerprint density at radius 1 is 1.03 bits per heavy atom. The van der Waals surface area contributed by atoms with Crippen LogP contribution in [0.1, 0.15) is 66.4 Å². The second-order valence-corrected chi connectivity index (χ2v) is 12.5. The van der Waals surface area contributed by atoms with E-state index >= 15 is 0 Å². The molecular formula is C28H34N4O4S. The van der Waals surface area contributed by atoms with Crippen LogP contribution in [0.5, 0.6) is 0 Å². The Bertz CT molecular complexity index is 1280. The Morgan fingerprint density at radius 2 is 1.76 bits per heavy atom. The Hall–Kier alpha value is -2.91. The monoisotopic (exact) mass is 522 g/mol. The summed E-state index contributed by atoms with van der Waals surface area (Å²) in [4.78, 5) is 34.4. The number of ketones is 1. The van der Waals surface area contributed by atoms with E-state index in [4.69, 9.17) is 4.99 Å². The van der Waals surface area contributed by atoms with Crippen LogP contribution in [-0.2, 0) is 27.7 Å². The van der Waals surface area contributed by atoms with Crippen molar-refractivity contribution in [3.8, 4) is 0 Å². The molecule has 8 nitrogen and oxygen atoms in total. The number of sulfonamides is 1. The van der Waals surface area contributed by atoms with Crippen LogP contribution in [0.3, 0.4) is 0 Å². The number of amidine groups is 1. The number of carbonyl (C=O) groups is 2. The summed E-state index contributed by atoms with van der Waals surface area (Å²) in [5.74, 6) is 1.02. The van der Waals surface area contributed by atoms with Gasteiger partial charge >= 0.3 is 0 Å².